The van der Waals surface area contributed by atoms with E-state index >= 15 is 0 Å². The molecule has 1 amide bonds. The number of aromatic amines is 1. The Morgan fingerprint density at radius 2 is 2.56 bits per heavy atom. The highest BCUT2D eigenvalue weighted by Gasteiger charge is 2.32. The number of hydrogen-bond donors (Lipinski definition) is 1. The molecule has 1 N–H and O–H groups in total. The lowest BCUT2D eigenvalue weighted by Crippen LogP contribution is -2.35. The average molecular weight is 223 g/mol. The van der Waals surface area contributed by atoms with Crippen LogP contribution < -0.4 is 0 Å². The van der Waals surface area contributed by atoms with E-state index in [0.717, 1.165) is 12.0 Å². The van der Waals surface area contributed by atoms with Gasteiger partial charge in [-0.15, -0.1) is 0 Å². The standard InChI is InChI=1S/C11H17N3O2/c1-8-10(3-4-16-8)11(15)14(2)7-9-5-12-13-6-9/h5-6,8,10H,3-4,7H2,1-2H3,(H,12,13). The second kappa shape index (κ2) is 4.65. The Hall–Kier alpha value is -1.36. The molecule has 1 aromatic heterocycles. The van der Waals surface area contributed by atoms with Crippen molar-refractivity contribution in [1.29, 1.82) is 0 Å². The summed E-state index contributed by atoms with van der Waals surface area (Å²) >= 11 is 0. The van der Waals surface area contributed by atoms with Crippen molar-refractivity contribution in [3.05, 3.63) is 18.0 Å². The maximum absolute atomic E-state index is 12.1. The third-order valence-corrected chi connectivity index (χ3v) is 3.04. The molecule has 2 heterocycles. The Morgan fingerprint density at radius 3 is 3.12 bits per heavy atom. The van der Waals surface area contributed by atoms with Crippen LogP contribution >= 0.6 is 0 Å². The van der Waals surface area contributed by atoms with Crippen molar-refractivity contribution >= 4 is 5.91 Å². The van der Waals surface area contributed by atoms with E-state index in [2.05, 4.69) is 10.2 Å². The van der Waals surface area contributed by atoms with Gasteiger partial charge in [0, 0.05) is 32.0 Å². The van der Waals surface area contributed by atoms with Gasteiger partial charge in [0.1, 0.15) is 0 Å². The van der Waals surface area contributed by atoms with E-state index in [1.807, 2.05) is 14.0 Å². The molecular weight excluding hydrogens is 206 g/mol. The lowest BCUT2D eigenvalue weighted by molar-refractivity contribution is -0.136. The molecule has 2 unspecified atom stereocenters. The molecule has 5 heteroatoms. The second-order valence-electron chi connectivity index (χ2n) is 4.27. The zero-order chi connectivity index (χ0) is 11.5. The lowest BCUT2D eigenvalue weighted by Gasteiger charge is -2.22. The summed E-state index contributed by atoms with van der Waals surface area (Å²) in [6.07, 6.45) is 4.41. The monoisotopic (exact) mass is 223 g/mol. The van der Waals surface area contributed by atoms with Crippen molar-refractivity contribution in [3.63, 3.8) is 0 Å². The van der Waals surface area contributed by atoms with Gasteiger partial charge < -0.3 is 9.64 Å². The largest absolute Gasteiger partial charge is 0.378 e. The quantitative estimate of drug-likeness (QED) is 0.824. The molecule has 1 aliphatic rings. The third-order valence-electron chi connectivity index (χ3n) is 3.04. The first-order chi connectivity index (χ1) is 7.68. The van der Waals surface area contributed by atoms with E-state index in [9.17, 15) is 4.79 Å². The van der Waals surface area contributed by atoms with E-state index in [4.69, 9.17) is 4.74 Å². The molecule has 1 fully saturated rings. The van der Waals surface area contributed by atoms with Gasteiger partial charge in [0.05, 0.1) is 18.2 Å². The molecule has 16 heavy (non-hydrogen) atoms. The number of carbonyl (C=O) groups is 1. The summed E-state index contributed by atoms with van der Waals surface area (Å²) in [4.78, 5) is 13.8. The molecule has 0 aromatic carbocycles. The van der Waals surface area contributed by atoms with E-state index in [-0.39, 0.29) is 17.9 Å². The van der Waals surface area contributed by atoms with Gasteiger partial charge in [-0.1, -0.05) is 0 Å². The van der Waals surface area contributed by atoms with E-state index in [0.29, 0.717) is 13.2 Å². The van der Waals surface area contributed by atoms with Crippen molar-refractivity contribution in [3.8, 4) is 0 Å². The van der Waals surface area contributed by atoms with Crippen LogP contribution in [0.1, 0.15) is 18.9 Å². The van der Waals surface area contributed by atoms with Crippen molar-refractivity contribution in [1.82, 2.24) is 15.1 Å². The van der Waals surface area contributed by atoms with E-state index in [1.54, 1.807) is 17.3 Å². The molecule has 5 nitrogen and oxygen atoms in total. The van der Waals surface area contributed by atoms with Gasteiger partial charge in [-0.05, 0) is 13.3 Å². The van der Waals surface area contributed by atoms with E-state index in [1.165, 1.54) is 0 Å². The van der Waals surface area contributed by atoms with Crippen LogP contribution in [0.4, 0.5) is 0 Å². The molecule has 0 bridgehead atoms. The number of nitrogens with one attached hydrogen (secondary N) is 1. The topological polar surface area (TPSA) is 58.2 Å². The van der Waals surface area contributed by atoms with E-state index < -0.39 is 0 Å². The molecule has 2 rings (SSSR count). The van der Waals surface area contributed by atoms with Crippen LogP contribution in [0.15, 0.2) is 12.4 Å². The summed E-state index contributed by atoms with van der Waals surface area (Å²) in [5.41, 5.74) is 1.02. The molecule has 0 spiro atoms. The highest BCUT2D eigenvalue weighted by Crippen LogP contribution is 2.22. The molecule has 0 radical (unpaired) electrons. The van der Waals surface area contributed by atoms with Gasteiger partial charge in [0.15, 0.2) is 0 Å². The predicted octanol–water partition coefficient (Wildman–Crippen LogP) is 0.793. The Morgan fingerprint density at radius 1 is 1.75 bits per heavy atom. The summed E-state index contributed by atoms with van der Waals surface area (Å²) < 4.78 is 5.41. The van der Waals surface area contributed by atoms with Crippen LogP contribution in [0.3, 0.4) is 0 Å². The molecule has 2 atom stereocenters. The van der Waals surface area contributed by atoms with Gasteiger partial charge in [0.25, 0.3) is 0 Å². The predicted molar refractivity (Wildman–Crippen MR) is 58.6 cm³/mol. The summed E-state index contributed by atoms with van der Waals surface area (Å²) in [5.74, 6) is 0.170. The minimum atomic E-state index is 0.0110. The van der Waals surface area contributed by atoms with Crippen molar-refractivity contribution < 1.29 is 9.53 Å². The number of ether oxygens (including phenoxy) is 1. The Bertz CT molecular complexity index is 350. The summed E-state index contributed by atoms with van der Waals surface area (Å²) in [6.45, 7) is 3.25. The van der Waals surface area contributed by atoms with Crippen molar-refractivity contribution in [2.45, 2.75) is 26.0 Å². The molecule has 1 saturated heterocycles. The van der Waals surface area contributed by atoms with Crippen LogP contribution in [0.25, 0.3) is 0 Å². The zero-order valence-electron chi connectivity index (χ0n) is 9.64. The minimum Gasteiger partial charge on any atom is -0.378 e. The normalized spacial score (nSPS) is 24.6. The van der Waals surface area contributed by atoms with Gasteiger partial charge in [0.2, 0.25) is 5.91 Å². The third kappa shape index (κ3) is 2.24. The minimum absolute atomic E-state index is 0.0110. The summed E-state index contributed by atoms with van der Waals surface area (Å²) in [7, 11) is 1.82. The first-order valence-corrected chi connectivity index (χ1v) is 5.52. The van der Waals surface area contributed by atoms with Gasteiger partial charge in [-0.2, -0.15) is 5.10 Å². The number of aromatic nitrogens is 2. The van der Waals surface area contributed by atoms with Crippen LogP contribution in [0.2, 0.25) is 0 Å². The molecule has 0 saturated carbocycles. The average Bonchev–Trinajstić information content (AvgIpc) is 2.88. The summed E-state index contributed by atoms with van der Waals surface area (Å²) in [5, 5.41) is 6.60. The van der Waals surface area contributed by atoms with Crippen molar-refractivity contribution in [2.75, 3.05) is 13.7 Å². The molecule has 1 aromatic rings. The SMILES string of the molecule is CC1OCCC1C(=O)N(C)Cc1cn[nH]c1. The number of nitrogens with zero attached hydrogens (tertiary/aromatic N) is 2. The molecular formula is C11H17N3O2. The number of H-pyrrole nitrogens is 1. The highest BCUT2D eigenvalue weighted by molar-refractivity contribution is 5.79. The number of amides is 1. The number of carbonyl (C=O) groups excluding carboxylic acids is 1. The number of hydrogen-bond acceptors (Lipinski definition) is 3. The second-order valence-corrected chi connectivity index (χ2v) is 4.27. The Labute approximate surface area is 94.8 Å². The van der Waals surface area contributed by atoms with Crippen molar-refractivity contribution in [2.24, 2.45) is 5.92 Å². The lowest BCUT2D eigenvalue weighted by atomic mass is 10.0. The fraction of sp³-hybridized carbons (Fsp3) is 0.636. The maximum atomic E-state index is 12.1. The first-order valence-electron chi connectivity index (χ1n) is 5.52. The van der Waals surface area contributed by atoms with Crippen LogP contribution in [0.5, 0.6) is 0 Å². The Balaban J connectivity index is 1.94. The molecule has 1 aliphatic heterocycles. The zero-order valence-corrected chi connectivity index (χ0v) is 9.64. The highest BCUT2D eigenvalue weighted by atomic mass is 16.5. The molecule has 0 aliphatic carbocycles. The Kier molecular flexibility index (Phi) is 3.24. The summed E-state index contributed by atoms with van der Waals surface area (Å²) in [6, 6.07) is 0. The van der Waals surface area contributed by atoms with Crippen LogP contribution in [0, 0.1) is 5.92 Å². The fourth-order valence-electron chi connectivity index (χ4n) is 2.05. The fourth-order valence-corrected chi connectivity index (χ4v) is 2.05. The van der Waals surface area contributed by atoms with Crippen LogP contribution in [-0.4, -0.2) is 40.8 Å². The van der Waals surface area contributed by atoms with Gasteiger partial charge in [-0.25, -0.2) is 0 Å². The van der Waals surface area contributed by atoms with Gasteiger partial charge in [-0.3, -0.25) is 9.89 Å². The maximum Gasteiger partial charge on any atom is 0.228 e. The molecule has 88 valence electrons. The van der Waals surface area contributed by atoms with Gasteiger partial charge >= 0.3 is 0 Å². The number of rotatable bonds is 3. The van der Waals surface area contributed by atoms with Crippen LogP contribution in [-0.2, 0) is 16.1 Å². The first kappa shape index (κ1) is 11.1. The smallest absolute Gasteiger partial charge is 0.228 e.